The molecule has 0 saturated heterocycles. The molecule has 0 bridgehead atoms. The zero-order valence-corrected chi connectivity index (χ0v) is 20.6. The van der Waals surface area contributed by atoms with Gasteiger partial charge in [0.2, 0.25) is 0 Å². The van der Waals surface area contributed by atoms with Crippen molar-refractivity contribution < 1.29 is 0 Å². The minimum Gasteiger partial charge on any atom is -0.0613 e. The first kappa shape index (κ1) is 19.7. The van der Waals surface area contributed by atoms with Crippen LogP contribution in [0.25, 0.3) is 0 Å². The van der Waals surface area contributed by atoms with Gasteiger partial charge in [0.1, 0.15) is 0 Å². The van der Waals surface area contributed by atoms with E-state index in [-0.39, 0.29) is 16.2 Å². The smallest absolute Gasteiger partial charge is 0.0247 e. The summed E-state index contributed by atoms with van der Waals surface area (Å²) in [6.07, 6.45) is 4.53. The van der Waals surface area contributed by atoms with E-state index in [1.165, 1.54) is 32.9 Å². The highest BCUT2D eigenvalue weighted by Crippen LogP contribution is 2.65. The Morgan fingerprint density at radius 1 is 0.704 bits per heavy atom. The zero-order chi connectivity index (χ0) is 19.8. The lowest BCUT2D eigenvalue weighted by atomic mass is 9.72. The average molecular weight is 490 g/mol. The molecule has 0 fully saturated rings. The molecular formula is C25H30Br2. The fourth-order valence-electron chi connectivity index (χ4n) is 6.01. The minimum atomic E-state index is 0.0911. The van der Waals surface area contributed by atoms with Gasteiger partial charge in [0.05, 0.1) is 0 Å². The van der Waals surface area contributed by atoms with Gasteiger partial charge in [-0.15, -0.1) is 0 Å². The van der Waals surface area contributed by atoms with Gasteiger partial charge in [-0.1, -0.05) is 85.5 Å². The summed E-state index contributed by atoms with van der Waals surface area (Å²) in [5.41, 5.74) is 9.50. The van der Waals surface area contributed by atoms with Gasteiger partial charge < -0.3 is 0 Å². The van der Waals surface area contributed by atoms with Gasteiger partial charge >= 0.3 is 0 Å². The van der Waals surface area contributed by atoms with Crippen LogP contribution in [0.4, 0.5) is 0 Å². The van der Waals surface area contributed by atoms with E-state index in [1.54, 1.807) is 22.3 Å². The zero-order valence-electron chi connectivity index (χ0n) is 17.4. The largest absolute Gasteiger partial charge is 0.0613 e. The molecule has 0 aliphatic heterocycles. The summed E-state index contributed by atoms with van der Waals surface area (Å²) in [4.78, 5) is 0. The molecule has 0 atom stereocenters. The number of aryl methyl sites for hydroxylation is 2. The van der Waals surface area contributed by atoms with Crippen LogP contribution in [0.15, 0.2) is 33.2 Å². The van der Waals surface area contributed by atoms with Crippen LogP contribution in [-0.4, -0.2) is 0 Å². The van der Waals surface area contributed by atoms with Gasteiger partial charge in [-0.2, -0.15) is 0 Å². The second-order valence-corrected chi connectivity index (χ2v) is 11.6. The third-order valence-electron chi connectivity index (χ3n) is 7.02. The molecule has 27 heavy (non-hydrogen) atoms. The van der Waals surface area contributed by atoms with Crippen LogP contribution in [0.1, 0.15) is 87.8 Å². The quantitative estimate of drug-likeness (QED) is 0.401. The minimum absolute atomic E-state index is 0.0911. The number of rotatable bonds is 2. The van der Waals surface area contributed by atoms with E-state index in [4.69, 9.17) is 0 Å². The second-order valence-electron chi connectivity index (χ2n) is 9.91. The Morgan fingerprint density at radius 3 is 1.41 bits per heavy atom. The number of hydrogen-bond donors (Lipinski definition) is 0. The Bertz CT molecular complexity index is 856. The summed E-state index contributed by atoms with van der Waals surface area (Å²) < 4.78 is 2.61. The maximum Gasteiger partial charge on any atom is 0.0247 e. The maximum atomic E-state index is 4.00. The number of halogens is 2. The van der Waals surface area contributed by atoms with Crippen molar-refractivity contribution in [2.24, 2.45) is 0 Å². The molecule has 2 heteroatoms. The van der Waals surface area contributed by atoms with Gasteiger partial charge in [0.25, 0.3) is 0 Å². The SMILES string of the molecule is CCc1cc(Br)c2c(c1)C(C)(C)CC21CC(C)(C)c2cc(CC)cc(Br)c21. The lowest BCUT2D eigenvalue weighted by Crippen LogP contribution is -2.27. The summed E-state index contributed by atoms with van der Waals surface area (Å²) in [5, 5.41) is 0. The van der Waals surface area contributed by atoms with Crippen molar-refractivity contribution in [1.29, 1.82) is 0 Å². The molecule has 0 unspecified atom stereocenters. The number of benzene rings is 2. The molecule has 4 rings (SSSR count). The predicted octanol–water partition coefficient (Wildman–Crippen LogP) is 7.99. The van der Waals surface area contributed by atoms with Crippen molar-refractivity contribution in [2.45, 2.75) is 83.5 Å². The van der Waals surface area contributed by atoms with E-state index in [2.05, 4.69) is 97.7 Å². The van der Waals surface area contributed by atoms with Crippen LogP contribution in [0.5, 0.6) is 0 Å². The topological polar surface area (TPSA) is 0 Å². The lowest BCUT2D eigenvalue weighted by molar-refractivity contribution is 0.348. The van der Waals surface area contributed by atoms with E-state index < -0.39 is 0 Å². The highest BCUT2D eigenvalue weighted by molar-refractivity contribution is 9.10. The van der Waals surface area contributed by atoms with Gasteiger partial charge in [0, 0.05) is 14.4 Å². The fraction of sp³-hybridized carbons (Fsp3) is 0.520. The van der Waals surface area contributed by atoms with Gasteiger partial charge in [0.15, 0.2) is 0 Å². The van der Waals surface area contributed by atoms with Crippen LogP contribution in [0.3, 0.4) is 0 Å². The van der Waals surface area contributed by atoms with Crippen molar-refractivity contribution >= 4 is 31.9 Å². The summed E-state index contributed by atoms with van der Waals surface area (Å²) in [5.74, 6) is 0. The van der Waals surface area contributed by atoms with E-state index >= 15 is 0 Å². The third-order valence-corrected chi connectivity index (χ3v) is 8.27. The highest BCUT2D eigenvalue weighted by atomic mass is 79.9. The van der Waals surface area contributed by atoms with Crippen LogP contribution >= 0.6 is 31.9 Å². The van der Waals surface area contributed by atoms with Crippen molar-refractivity contribution in [3.63, 3.8) is 0 Å². The van der Waals surface area contributed by atoms with Crippen molar-refractivity contribution in [3.05, 3.63) is 66.6 Å². The Kier molecular flexibility index (Phi) is 4.52. The standard InChI is InChI=1S/C25H30Br2/c1-7-15-9-17-21(19(26)11-15)25(13-23(17,3)4)14-24(5,6)18-10-16(8-2)12-20(27)22(18)25/h9-12H,7-8,13-14H2,1-6H3. The van der Waals surface area contributed by atoms with Crippen molar-refractivity contribution in [2.75, 3.05) is 0 Å². The van der Waals surface area contributed by atoms with Crippen LogP contribution in [0, 0.1) is 0 Å². The Balaban J connectivity index is 2.07. The molecule has 0 radical (unpaired) electrons. The molecule has 2 aromatic carbocycles. The normalized spacial score (nSPS) is 20.7. The molecule has 0 nitrogen and oxygen atoms in total. The molecule has 0 aromatic heterocycles. The first-order chi connectivity index (χ1) is 12.6. The third kappa shape index (κ3) is 2.73. The maximum absolute atomic E-state index is 4.00. The summed E-state index contributed by atoms with van der Waals surface area (Å²) in [7, 11) is 0. The first-order valence-electron chi connectivity index (χ1n) is 10.2. The van der Waals surface area contributed by atoms with Crippen LogP contribution in [0.2, 0.25) is 0 Å². The lowest BCUT2D eigenvalue weighted by Gasteiger charge is -2.31. The average Bonchev–Trinajstić information content (AvgIpc) is 2.94. The Morgan fingerprint density at radius 2 is 1.07 bits per heavy atom. The number of fused-ring (bicyclic) bond motifs is 4. The van der Waals surface area contributed by atoms with Crippen LogP contribution < -0.4 is 0 Å². The number of hydrogen-bond acceptors (Lipinski definition) is 0. The van der Waals surface area contributed by atoms with E-state index in [0.29, 0.717) is 0 Å². The second kappa shape index (κ2) is 6.20. The fourth-order valence-corrected chi connectivity index (χ4v) is 7.79. The van der Waals surface area contributed by atoms with E-state index in [9.17, 15) is 0 Å². The molecule has 144 valence electrons. The predicted molar refractivity (Wildman–Crippen MR) is 123 cm³/mol. The van der Waals surface area contributed by atoms with Crippen molar-refractivity contribution in [1.82, 2.24) is 0 Å². The van der Waals surface area contributed by atoms with Crippen LogP contribution in [-0.2, 0) is 29.1 Å². The Hall–Kier alpha value is -0.600. The Labute approximate surface area is 181 Å². The van der Waals surface area contributed by atoms with E-state index in [0.717, 1.165) is 12.8 Å². The molecule has 0 amide bonds. The molecular weight excluding hydrogens is 460 g/mol. The molecule has 2 aromatic rings. The molecule has 0 N–H and O–H groups in total. The summed E-state index contributed by atoms with van der Waals surface area (Å²) in [6.45, 7) is 14.3. The molecule has 0 saturated carbocycles. The van der Waals surface area contributed by atoms with Gasteiger partial charge in [-0.05, 0) is 82.0 Å². The molecule has 0 heterocycles. The highest BCUT2D eigenvalue weighted by Gasteiger charge is 2.57. The molecule has 2 aliphatic rings. The monoisotopic (exact) mass is 488 g/mol. The molecule has 2 aliphatic carbocycles. The summed E-state index contributed by atoms with van der Waals surface area (Å²) >= 11 is 8.00. The van der Waals surface area contributed by atoms with E-state index in [1.807, 2.05) is 0 Å². The van der Waals surface area contributed by atoms with Gasteiger partial charge in [-0.25, -0.2) is 0 Å². The molecule has 1 spiro atoms. The first-order valence-corrected chi connectivity index (χ1v) is 11.8. The van der Waals surface area contributed by atoms with Crippen molar-refractivity contribution in [3.8, 4) is 0 Å². The summed E-state index contributed by atoms with van der Waals surface area (Å²) in [6, 6.07) is 9.69. The van der Waals surface area contributed by atoms with Gasteiger partial charge in [-0.3, -0.25) is 0 Å².